The molecule has 0 saturated heterocycles. The van der Waals surface area contributed by atoms with E-state index in [1.54, 1.807) is 13.2 Å². The highest BCUT2D eigenvalue weighted by molar-refractivity contribution is 6.30. The largest absolute Gasteiger partial charge is 0.496 e. The van der Waals surface area contributed by atoms with Gasteiger partial charge in [-0.3, -0.25) is 5.41 Å². The number of hydrogen-bond acceptors (Lipinski definition) is 3. The standard InChI is InChI=1S/C16H17ClN2O2/c1-20-15-8-12(4-7-14(15)16(18)19)10-21-9-11-2-5-13(17)6-3-11/h2-8H,9-10H2,1H3,(H3,18,19). The van der Waals surface area contributed by atoms with Gasteiger partial charge in [0.25, 0.3) is 0 Å². The number of benzene rings is 2. The predicted molar refractivity (Wildman–Crippen MR) is 84.0 cm³/mol. The van der Waals surface area contributed by atoms with Crippen LogP contribution in [0.2, 0.25) is 5.02 Å². The van der Waals surface area contributed by atoms with Gasteiger partial charge in [-0.2, -0.15) is 0 Å². The molecule has 110 valence electrons. The summed E-state index contributed by atoms with van der Waals surface area (Å²) >= 11 is 5.83. The van der Waals surface area contributed by atoms with Crippen molar-refractivity contribution in [2.45, 2.75) is 13.2 Å². The molecule has 0 radical (unpaired) electrons. The maximum atomic E-state index is 7.47. The van der Waals surface area contributed by atoms with Gasteiger partial charge in [0.15, 0.2) is 0 Å². The van der Waals surface area contributed by atoms with Crippen molar-refractivity contribution in [3.8, 4) is 5.75 Å². The van der Waals surface area contributed by atoms with Crippen molar-refractivity contribution in [2.24, 2.45) is 5.73 Å². The van der Waals surface area contributed by atoms with Gasteiger partial charge in [0.05, 0.1) is 25.9 Å². The molecule has 0 saturated carbocycles. The van der Waals surface area contributed by atoms with Crippen LogP contribution >= 0.6 is 11.6 Å². The van der Waals surface area contributed by atoms with Gasteiger partial charge in [-0.25, -0.2) is 0 Å². The highest BCUT2D eigenvalue weighted by Gasteiger charge is 2.07. The Balaban J connectivity index is 1.97. The minimum atomic E-state index is -0.0134. The molecule has 2 rings (SSSR count). The number of rotatable bonds is 6. The molecule has 0 aliphatic rings. The average molecular weight is 305 g/mol. The van der Waals surface area contributed by atoms with Crippen molar-refractivity contribution in [3.05, 3.63) is 64.2 Å². The van der Waals surface area contributed by atoms with E-state index in [0.29, 0.717) is 29.5 Å². The van der Waals surface area contributed by atoms with Crippen molar-refractivity contribution in [3.63, 3.8) is 0 Å². The molecule has 4 nitrogen and oxygen atoms in total. The molecule has 0 unspecified atom stereocenters. The van der Waals surface area contributed by atoms with Crippen molar-refractivity contribution < 1.29 is 9.47 Å². The molecule has 0 aliphatic heterocycles. The molecule has 0 aromatic heterocycles. The van der Waals surface area contributed by atoms with Crippen molar-refractivity contribution in [1.29, 1.82) is 5.41 Å². The Bertz CT molecular complexity index is 627. The molecule has 0 aliphatic carbocycles. The summed E-state index contributed by atoms with van der Waals surface area (Å²) in [6, 6.07) is 13.0. The molecule has 2 aromatic rings. The van der Waals surface area contributed by atoms with E-state index in [0.717, 1.165) is 11.1 Å². The van der Waals surface area contributed by atoms with Gasteiger partial charge >= 0.3 is 0 Å². The summed E-state index contributed by atoms with van der Waals surface area (Å²) in [5.41, 5.74) is 8.10. The number of nitrogens with one attached hydrogen (secondary N) is 1. The molecule has 0 bridgehead atoms. The molecule has 0 fully saturated rings. The average Bonchev–Trinajstić information content (AvgIpc) is 2.49. The normalized spacial score (nSPS) is 10.4. The highest BCUT2D eigenvalue weighted by Crippen LogP contribution is 2.20. The lowest BCUT2D eigenvalue weighted by molar-refractivity contribution is 0.107. The van der Waals surface area contributed by atoms with Gasteiger partial charge in [-0.1, -0.05) is 29.8 Å². The van der Waals surface area contributed by atoms with E-state index in [9.17, 15) is 0 Å². The fourth-order valence-corrected chi connectivity index (χ4v) is 2.04. The number of ether oxygens (including phenoxy) is 2. The van der Waals surface area contributed by atoms with Crippen LogP contribution in [0.4, 0.5) is 0 Å². The van der Waals surface area contributed by atoms with Gasteiger partial charge in [0.2, 0.25) is 0 Å². The second-order valence-electron chi connectivity index (χ2n) is 4.57. The van der Waals surface area contributed by atoms with Gasteiger partial charge < -0.3 is 15.2 Å². The first-order chi connectivity index (χ1) is 10.1. The fourth-order valence-electron chi connectivity index (χ4n) is 1.92. The molecular formula is C16H17ClN2O2. The lowest BCUT2D eigenvalue weighted by Gasteiger charge is -2.10. The Morgan fingerprint density at radius 1 is 1.10 bits per heavy atom. The summed E-state index contributed by atoms with van der Waals surface area (Å²) in [4.78, 5) is 0. The lowest BCUT2D eigenvalue weighted by atomic mass is 10.1. The molecule has 5 heteroatoms. The second kappa shape index (κ2) is 7.11. The van der Waals surface area contributed by atoms with Gasteiger partial charge in [-0.15, -0.1) is 0 Å². The third kappa shape index (κ3) is 4.21. The second-order valence-corrected chi connectivity index (χ2v) is 5.00. The van der Waals surface area contributed by atoms with Crippen LogP contribution in [0, 0.1) is 5.41 Å². The Morgan fingerprint density at radius 3 is 2.33 bits per heavy atom. The van der Waals surface area contributed by atoms with Gasteiger partial charge in [0.1, 0.15) is 11.6 Å². The SMILES string of the molecule is COc1cc(COCc2ccc(Cl)cc2)ccc1C(=N)N. The third-order valence-corrected chi connectivity index (χ3v) is 3.26. The number of halogens is 1. The molecule has 0 atom stereocenters. The molecule has 3 N–H and O–H groups in total. The van der Waals surface area contributed by atoms with E-state index in [1.165, 1.54) is 0 Å². The van der Waals surface area contributed by atoms with Crippen LogP contribution < -0.4 is 10.5 Å². The molecule has 0 heterocycles. The summed E-state index contributed by atoms with van der Waals surface area (Å²) in [5.74, 6) is 0.565. The smallest absolute Gasteiger partial charge is 0.130 e. The Morgan fingerprint density at radius 2 is 1.71 bits per heavy atom. The third-order valence-electron chi connectivity index (χ3n) is 3.01. The molecule has 2 aromatic carbocycles. The Kier molecular flexibility index (Phi) is 5.20. The number of amidine groups is 1. The summed E-state index contributed by atoms with van der Waals surface area (Å²) < 4.78 is 10.9. The van der Waals surface area contributed by atoms with Crippen LogP contribution in [0.1, 0.15) is 16.7 Å². The van der Waals surface area contributed by atoms with Crippen LogP contribution in [0.15, 0.2) is 42.5 Å². The van der Waals surface area contributed by atoms with E-state index < -0.39 is 0 Å². The topological polar surface area (TPSA) is 68.3 Å². The minimum absolute atomic E-state index is 0.0134. The predicted octanol–water partition coefficient (Wildman–Crippen LogP) is 3.35. The van der Waals surface area contributed by atoms with Crippen LogP contribution in [0.25, 0.3) is 0 Å². The maximum Gasteiger partial charge on any atom is 0.130 e. The first-order valence-electron chi connectivity index (χ1n) is 6.43. The zero-order valence-electron chi connectivity index (χ0n) is 11.7. The first-order valence-corrected chi connectivity index (χ1v) is 6.81. The summed E-state index contributed by atoms with van der Waals surface area (Å²) in [5, 5.41) is 8.18. The van der Waals surface area contributed by atoms with Crippen LogP contribution in [-0.2, 0) is 18.0 Å². The zero-order valence-corrected chi connectivity index (χ0v) is 12.5. The zero-order chi connectivity index (χ0) is 15.2. The molecular weight excluding hydrogens is 288 g/mol. The first kappa shape index (κ1) is 15.4. The van der Waals surface area contributed by atoms with Crippen LogP contribution in [0.5, 0.6) is 5.75 Å². The Hall–Kier alpha value is -2.04. The summed E-state index contributed by atoms with van der Waals surface area (Å²) in [6.45, 7) is 0.963. The van der Waals surface area contributed by atoms with E-state index in [4.69, 9.17) is 32.2 Å². The monoisotopic (exact) mass is 304 g/mol. The van der Waals surface area contributed by atoms with E-state index in [-0.39, 0.29) is 5.84 Å². The number of nitrogens with two attached hydrogens (primary N) is 1. The van der Waals surface area contributed by atoms with Gasteiger partial charge in [0, 0.05) is 5.02 Å². The number of hydrogen-bond donors (Lipinski definition) is 2. The van der Waals surface area contributed by atoms with E-state index in [2.05, 4.69) is 0 Å². The summed E-state index contributed by atoms with van der Waals surface area (Å²) in [7, 11) is 1.56. The molecule has 21 heavy (non-hydrogen) atoms. The molecule has 0 spiro atoms. The van der Waals surface area contributed by atoms with E-state index >= 15 is 0 Å². The summed E-state index contributed by atoms with van der Waals surface area (Å²) in [6.07, 6.45) is 0. The van der Waals surface area contributed by atoms with Crippen LogP contribution in [0.3, 0.4) is 0 Å². The van der Waals surface area contributed by atoms with Crippen LogP contribution in [-0.4, -0.2) is 12.9 Å². The van der Waals surface area contributed by atoms with E-state index in [1.807, 2.05) is 36.4 Å². The number of nitrogen functional groups attached to an aromatic ring is 1. The van der Waals surface area contributed by atoms with Crippen molar-refractivity contribution >= 4 is 17.4 Å². The van der Waals surface area contributed by atoms with Crippen molar-refractivity contribution in [1.82, 2.24) is 0 Å². The quantitative estimate of drug-likeness (QED) is 0.635. The Labute approximate surface area is 129 Å². The van der Waals surface area contributed by atoms with Gasteiger partial charge in [-0.05, 0) is 35.4 Å². The fraction of sp³-hybridized carbons (Fsp3) is 0.188. The lowest BCUT2D eigenvalue weighted by Crippen LogP contribution is -2.12. The maximum absolute atomic E-state index is 7.47. The highest BCUT2D eigenvalue weighted by atomic mass is 35.5. The van der Waals surface area contributed by atoms with Crippen molar-refractivity contribution in [2.75, 3.05) is 7.11 Å². The number of methoxy groups -OCH3 is 1. The minimum Gasteiger partial charge on any atom is -0.496 e. The molecule has 0 amide bonds.